The zero-order valence-corrected chi connectivity index (χ0v) is 13.4. The van der Waals surface area contributed by atoms with Crippen molar-refractivity contribution >= 4 is 6.03 Å². The summed E-state index contributed by atoms with van der Waals surface area (Å²) >= 11 is 0. The Morgan fingerprint density at radius 2 is 1.77 bits per heavy atom. The molecule has 1 aliphatic rings. The first-order valence-electron chi connectivity index (χ1n) is 7.93. The minimum Gasteiger partial charge on any atom is -0.325 e. The highest BCUT2D eigenvalue weighted by atomic mass is 16.2. The molecule has 5 nitrogen and oxygen atoms in total. The van der Waals surface area contributed by atoms with Gasteiger partial charge in [0.25, 0.3) is 0 Å². The van der Waals surface area contributed by atoms with Crippen LogP contribution in [-0.2, 0) is 0 Å². The summed E-state index contributed by atoms with van der Waals surface area (Å²) in [5, 5.41) is 9.49. The third-order valence-electron chi connectivity index (χ3n) is 4.22. The zero-order valence-electron chi connectivity index (χ0n) is 13.4. The lowest BCUT2D eigenvalue weighted by Gasteiger charge is -2.38. The molecule has 0 unspecified atom stereocenters. The number of benzene rings is 1. The molecule has 22 heavy (non-hydrogen) atoms. The van der Waals surface area contributed by atoms with Crippen LogP contribution in [0.2, 0.25) is 0 Å². The van der Waals surface area contributed by atoms with Gasteiger partial charge in [-0.25, -0.2) is 4.79 Å². The zero-order chi connectivity index (χ0) is 15.9. The van der Waals surface area contributed by atoms with Gasteiger partial charge in [0.15, 0.2) is 0 Å². The summed E-state index contributed by atoms with van der Waals surface area (Å²) in [5.74, 6) is 0. The molecule has 1 fully saturated rings. The lowest BCUT2D eigenvalue weighted by Crippen LogP contribution is -2.53. The summed E-state index contributed by atoms with van der Waals surface area (Å²) in [7, 11) is 0. The standard InChI is InChI=1S/C17H24N4O/c1-3-19(4-2)17(22)21-12-10-20(11-13-21)16(14-18)15-8-6-5-7-9-15/h5-9,16H,3-4,10-13H2,1-2H3/t16-/m1/s1. The number of hydrogen-bond donors (Lipinski definition) is 0. The summed E-state index contributed by atoms with van der Waals surface area (Å²) in [5.41, 5.74) is 1.02. The Kier molecular flexibility index (Phi) is 5.79. The van der Waals surface area contributed by atoms with Gasteiger partial charge in [0.2, 0.25) is 0 Å². The number of hydrogen-bond acceptors (Lipinski definition) is 3. The van der Waals surface area contributed by atoms with Crippen LogP contribution in [0, 0.1) is 11.3 Å². The molecule has 5 heteroatoms. The fourth-order valence-corrected chi connectivity index (χ4v) is 2.87. The highest BCUT2D eigenvalue weighted by Gasteiger charge is 2.28. The fourth-order valence-electron chi connectivity index (χ4n) is 2.87. The third-order valence-corrected chi connectivity index (χ3v) is 4.22. The van der Waals surface area contributed by atoms with Gasteiger partial charge in [-0.15, -0.1) is 0 Å². The molecular weight excluding hydrogens is 276 g/mol. The largest absolute Gasteiger partial charge is 0.325 e. The van der Waals surface area contributed by atoms with Gasteiger partial charge in [0, 0.05) is 39.3 Å². The van der Waals surface area contributed by atoms with Crippen LogP contribution >= 0.6 is 0 Å². The van der Waals surface area contributed by atoms with Crippen molar-refractivity contribution < 1.29 is 4.79 Å². The Morgan fingerprint density at radius 3 is 2.27 bits per heavy atom. The number of nitriles is 1. The molecule has 2 amide bonds. The average molecular weight is 300 g/mol. The molecule has 0 radical (unpaired) electrons. The van der Waals surface area contributed by atoms with Crippen LogP contribution in [0.25, 0.3) is 0 Å². The van der Waals surface area contributed by atoms with Crippen molar-refractivity contribution in [3.63, 3.8) is 0 Å². The van der Waals surface area contributed by atoms with Gasteiger partial charge in [-0.05, 0) is 19.4 Å². The minimum atomic E-state index is -0.230. The van der Waals surface area contributed by atoms with Crippen LogP contribution in [-0.4, -0.2) is 60.0 Å². The second-order valence-electron chi connectivity index (χ2n) is 5.42. The Labute approximate surface area is 132 Å². The minimum absolute atomic E-state index is 0.109. The van der Waals surface area contributed by atoms with Crippen LogP contribution in [0.15, 0.2) is 30.3 Å². The number of nitrogens with zero attached hydrogens (tertiary/aromatic N) is 4. The summed E-state index contributed by atoms with van der Waals surface area (Å²) in [6, 6.07) is 12.1. The number of rotatable bonds is 4. The maximum Gasteiger partial charge on any atom is 0.320 e. The van der Waals surface area contributed by atoms with E-state index >= 15 is 0 Å². The van der Waals surface area contributed by atoms with Gasteiger partial charge in [-0.2, -0.15) is 5.26 Å². The molecule has 118 valence electrons. The number of amides is 2. The van der Waals surface area contributed by atoms with E-state index in [4.69, 9.17) is 0 Å². The molecule has 1 aromatic carbocycles. The van der Waals surface area contributed by atoms with Crippen molar-refractivity contribution in [3.05, 3.63) is 35.9 Å². The highest BCUT2D eigenvalue weighted by Crippen LogP contribution is 2.21. The molecule has 1 saturated heterocycles. The van der Waals surface area contributed by atoms with Gasteiger partial charge in [0.1, 0.15) is 6.04 Å². The van der Waals surface area contributed by atoms with Crippen molar-refractivity contribution in [2.45, 2.75) is 19.9 Å². The maximum absolute atomic E-state index is 12.3. The summed E-state index contributed by atoms with van der Waals surface area (Å²) in [6.07, 6.45) is 0. The van der Waals surface area contributed by atoms with E-state index in [-0.39, 0.29) is 12.1 Å². The van der Waals surface area contributed by atoms with Crippen LogP contribution in [0.1, 0.15) is 25.5 Å². The molecule has 0 spiro atoms. The molecule has 1 heterocycles. The van der Waals surface area contributed by atoms with Gasteiger partial charge in [-0.3, -0.25) is 4.90 Å². The molecular formula is C17H24N4O. The molecule has 1 atom stereocenters. The van der Waals surface area contributed by atoms with E-state index in [0.29, 0.717) is 13.1 Å². The van der Waals surface area contributed by atoms with E-state index in [1.165, 1.54) is 0 Å². The monoisotopic (exact) mass is 300 g/mol. The van der Waals surface area contributed by atoms with Crippen molar-refractivity contribution in [1.29, 1.82) is 5.26 Å². The quantitative estimate of drug-likeness (QED) is 0.857. The summed E-state index contributed by atoms with van der Waals surface area (Å²) in [4.78, 5) is 18.2. The molecule has 0 bridgehead atoms. The smallest absolute Gasteiger partial charge is 0.320 e. The van der Waals surface area contributed by atoms with E-state index in [0.717, 1.165) is 31.7 Å². The maximum atomic E-state index is 12.3. The number of urea groups is 1. The molecule has 1 aliphatic heterocycles. The molecule has 1 aromatic rings. The Hall–Kier alpha value is -2.06. The lowest BCUT2D eigenvalue weighted by molar-refractivity contribution is 0.104. The van der Waals surface area contributed by atoms with Gasteiger partial charge < -0.3 is 9.80 Å². The van der Waals surface area contributed by atoms with Gasteiger partial charge in [-0.1, -0.05) is 30.3 Å². The average Bonchev–Trinajstić information content (AvgIpc) is 2.58. The van der Waals surface area contributed by atoms with Crippen molar-refractivity contribution in [3.8, 4) is 6.07 Å². The van der Waals surface area contributed by atoms with E-state index in [2.05, 4.69) is 11.0 Å². The van der Waals surface area contributed by atoms with Gasteiger partial charge >= 0.3 is 6.03 Å². The molecule has 0 N–H and O–H groups in total. The second-order valence-corrected chi connectivity index (χ2v) is 5.42. The van der Waals surface area contributed by atoms with E-state index in [1.807, 2.05) is 54.0 Å². The number of carbonyl (C=O) groups is 1. The van der Waals surface area contributed by atoms with Crippen LogP contribution in [0.3, 0.4) is 0 Å². The topological polar surface area (TPSA) is 50.6 Å². The molecule has 0 aromatic heterocycles. The summed E-state index contributed by atoms with van der Waals surface area (Å²) < 4.78 is 0. The lowest BCUT2D eigenvalue weighted by atomic mass is 10.1. The fraction of sp³-hybridized carbons (Fsp3) is 0.529. The predicted octanol–water partition coefficient (Wildman–Crippen LogP) is 2.33. The van der Waals surface area contributed by atoms with Crippen LogP contribution in [0.4, 0.5) is 4.79 Å². The SMILES string of the molecule is CCN(CC)C(=O)N1CCN([C@H](C#N)c2ccccc2)CC1. The number of carbonyl (C=O) groups excluding carboxylic acids is 1. The third kappa shape index (κ3) is 3.58. The highest BCUT2D eigenvalue weighted by molar-refractivity contribution is 5.74. The first-order chi connectivity index (χ1) is 10.7. The van der Waals surface area contributed by atoms with Crippen LogP contribution in [0.5, 0.6) is 0 Å². The normalized spacial score (nSPS) is 16.9. The van der Waals surface area contributed by atoms with E-state index in [1.54, 1.807) is 0 Å². The van der Waals surface area contributed by atoms with Crippen LogP contribution < -0.4 is 0 Å². The van der Waals surface area contributed by atoms with Crippen molar-refractivity contribution in [1.82, 2.24) is 14.7 Å². The Bertz CT molecular complexity index is 513. The number of piperazine rings is 1. The summed E-state index contributed by atoms with van der Waals surface area (Å²) in [6.45, 7) is 8.30. The van der Waals surface area contributed by atoms with Crippen molar-refractivity contribution in [2.24, 2.45) is 0 Å². The Morgan fingerprint density at radius 1 is 1.18 bits per heavy atom. The first kappa shape index (κ1) is 16.3. The Balaban J connectivity index is 1.97. The predicted molar refractivity (Wildman–Crippen MR) is 86.3 cm³/mol. The van der Waals surface area contributed by atoms with Crippen molar-refractivity contribution in [2.75, 3.05) is 39.3 Å². The van der Waals surface area contributed by atoms with Gasteiger partial charge in [0.05, 0.1) is 6.07 Å². The first-order valence-corrected chi connectivity index (χ1v) is 7.93. The second kappa shape index (κ2) is 7.81. The molecule has 2 rings (SSSR count). The van der Waals surface area contributed by atoms with E-state index < -0.39 is 0 Å². The van der Waals surface area contributed by atoms with E-state index in [9.17, 15) is 10.1 Å². The molecule has 0 aliphatic carbocycles. The molecule has 0 saturated carbocycles.